The summed E-state index contributed by atoms with van der Waals surface area (Å²) in [5.41, 5.74) is -0.622. The van der Waals surface area contributed by atoms with Gasteiger partial charge in [0, 0.05) is 24.2 Å². The van der Waals surface area contributed by atoms with E-state index in [4.69, 9.17) is 0 Å². The molecule has 1 aliphatic carbocycles. The molecular formula is C25H36N4O6S2. The number of benzene rings is 1. The van der Waals surface area contributed by atoms with Crippen LogP contribution in [-0.2, 0) is 29.6 Å². The van der Waals surface area contributed by atoms with Gasteiger partial charge in [-0.25, -0.2) is 8.42 Å². The smallest absolute Gasteiger partial charge is 0.286 e. The van der Waals surface area contributed by atoms with Gasteiger partial charge in [0.2, 0.25) is 15.9 Å². The van der Waals surface area contributed by atoms with Gasteiger partial charge in [-0.2, -0.15) is 8.42 Å². The lowest BCUT2D eigenvalue weighted by Gasteiger charge is -2.46. The van der Waals surface area contributed by atoms with Crippen molar-refractivity contribution >= 4 is 48.9 Å². The zero-order valence-electron chi connectivity index (χ0n) is 22.0. The number of fused-ring (bicyclic) bond motifs is 1. The maximum atomic E-state index is 14.0. The van der Waals surface area contributed by atoms with Crippen LogP contribution in [0.2, 0.25) is 0 Å². The minimum Gasteiger partial charge on any atom is -0.341 e. The lowest BCUT2D eigenvalue weighted by atomic mass is 9.66. The van der Waals surface area contributed by atoms with Crippen molar-refractivity contribution in [2.75, 3.05) is 29.4 Å². The summed E-state index contributed by atoms with van der Waals surface area (Å²) in [6, 6.07) is 3.98. The molecule has 12 heteroatoms. The van der Waals surface area contributed by atoms with Crippen LogP contribution in [0.4, 0.5) is 11.4 Å². The summed E-state index contributed by atoms with van der Waals surface area (Å²) in [6.45, 7) is 8.95. The number of hydrogen-bond acceptors (Lipinski definition) is 7. The molecule has 4 rings (SSSR count). The molecule has 2 aliphatic heterocycles. The number of carbonyl (C=O) groups excluding carboxylic acids is 2. The van der Waals surface area contributed by atoms with Crippen LogP contribution in [0.1, 0.15) is 59.8 Å². The quantitative estimate of drug-likeness (QED) is 0.516. The molecule has 0 bridgehead atoms. The molecule has 0 radical (unpaired) electrons. The van der Waals surface area contributed by atoms with E-state index in [1.807, 2.05) is 6.92 Å². The van der Waals surface area contributed by atoms with Gasteiger partial charge in [0.1, 0.15) is 10.7 Å². The number of amidine groups is 1. The average Bonchev–Trinajstić information content (AvgIpc) is 3.30. The first-order chi connectivity index (χ1) is 17.0. The number of likely N-dealkylation sites (tertiary alicyclic amines) is 1. The van der Waals surface area contributed by atoms with Crippen molar-refractivity contribution in [1.82, 2.24) is 4.90 Å². The third-order valence-electron chi connectivity index (χ3n) is 7.61. The van der Waals surface area contributed by atoms with Gasteiger partial charge in [-0.15, -0.1) is 4.40 Å². The largest absolute Gasteiger partial charge is 0.341 e. The molecule has 1 aromatic carbocycles. The fraction of sp³-hybridized carbons (Fsp3) is 0.640. The molecule has 0 spiro atoms. The van der Waals surface area contributed by atoms with Gasteiger partial charge >= 0.3 is 0 Å². The molecule has 1 aromatic rings. The Morgan fingerprint density at radius 2 is 1.84 bits per heavy atom. The van der Waals surface area contributed by atoms with Crippen LogP contribution >= 0.6 is 0 Å². The number of ketones is 1. The number of piperidine rings is 1. The van der Waals surface area contributed by atoms with Gasteiger partial charge in [-0.05, 0) is 48.8 Å². The first kappa shape index (κ1) is 27.6. The highest BCUT2D eigenvalue weighted by Crippen LogP contribution is 2.46. The third kappa shape index (κ3) is 5.69. The van der Waals surface area contributed by atoms with Gasteiger partial charge < -0.3 is 10.2 Å². The zero-order valence-corrected chi connectivity index (χ0v) is 23.6. The lowest BCUT2D eigenvalue weighted by molar-refractivity contribution is -0.154. The predicted octanol–water partition coefficient (Wildman–Crippen LogP) is 3.23. The van der Waals surface area contributed by atoms with Crippen LogP contribution in [0, 0.1) is 22.7 Å². The lowest BCUT2D eigenvalue weighted by Crippen LogP contribution is -2.61. The molecule has 2 fully saturated rings. The fourth-order valence-corrected chi connectivity index (χ4v) is 7.29. The Labute approximate surface area is 219 Å². The molecule has 0 aromatic heterocycles. The number of Topliss-reactive ketones (excluding diaryl/α,β-unsaturated/α-hetero) is 1. The molecule has 1 saturated carbocycles. The van der Waals surface area contributed by atoms with Gasteiger partial charge in [-0.3, -0.25) is 14.3 Å². The zero-order chi connectivity index (χ0) is 27.4. The van der Waals surface area contributed by atoms with Crippen molar-refractivity contribution in [1.29, 1.82) is 0 Å². The Morgan fingerprint density at radius 1 is 1.19 bits per heavy atom. The third-order valence-corrected chi connectivity index (χ3v) is 9.55. The van der Waals surface area contributed by atoms with E-state index in [0.29, 0.717) is 13.1 Å². The Morgan fingerprint density at radius 3 is 2.43 bits per heavy atom. The predicted molar refractivity (Wildman–Crippen MR) is 142 cm³/mol. The van der Waals surface area contributed by atoms with Crippen molar-refractivity contribution < 1.29 is 26.4 Å². The topological polar surface area (TPSA) is 142 Å². The Balaban J connectivity index is 1.73. The van der Waals surface area contributed by atoms with Crippen molar-refractivity contribution in [2.24, 2.45) is 27.1 Å². The summed E-state index contributed by atoms with van der Waals surface area (Å²) in [7, 11) is -7.93. The van der Waals surface area contributed by atoms with Gasteiger partial charge in [-0.1, -0.05) is 40.5 Å². The maximum absolute atomic E-state index is 14.0. The molecule has 204 valence electrons. The Hall–Kier alpha value is -2.47. The summed E-state index contributed by atoms with van der Waals surface area (Å²) >= 11 is 0. The van der Waals surface area contributed by atoms with Crippen molar-refractivity contribution in [3.63, 3.8) is 0 Å². The summed E-state index contributed by atoms with van der Waals surface area (Å²) in [5.74, 6) is -2.17. The fourth-order valence-electron chi connectivity index (χ4n) is 5.55. The van der Waals surface area contributed by atoms with Gasteiger partial charge in [0.25, 0.3) is 10.0 Å². The van der Waals surface area contributed by atoms with E-state index >= 15 is 0 Å². The van der Waals surface area contributed by atoms with Gasteiger partial charge in [0.15, 0.2) is 11.7 Å². The molecule has 2 heterocycles. The van der Waals surface area contributed by atoms with Crippen molar-refractivity contribution in [3.8, 4) is 0 Å². The van der Waals surface area contributed by atoms with Crippen LogP contribution < -0.4 is 10.0 Å². The van der Waals surface area contributed by atoms with Crippen LogP contribution in [-0.4, -0.2) is 58.6 Å². The number of sulfonamides is 2. The number of amides is 1. The summed E-state index contributed by atoms with van der Waals surface area (Å²) in [4.78, 5) is 29.2. The van der Waals surface area contributed by atoms with Crippen molar-refractivity contribution in [3.05, 3.63) is 18.2 Å². The summed E-state index contributed by atoms with van der Waals surface area (Å²) in [5, 5.41) is 2.92. The standard InChI is InChI=1S/C25H36N4O6S2/c1-24(2,3)12-13-29-15-25(4,16-8-6-7-9-16)21(30)20(23(29)31)22-26-18-11-10-17(27-36(5,32)33)14-19(18)37(34,35)28-22/h10-11,14,16,20,27H,6-9,12-13,15H2,1-5H3,(H,26,28). The molecule has 1 saturated heterocycles. The molecule has 2 atom stereocenters. The molecule has 1 amide bonds. The molecule has 37 heavy (non-hydrogen) atoms. The minimum absolute atomic E-state index is 0.0262. The highest BCUT2D eigenvalue weighted by atomic mass is 32.2. The van der Waals surface area contributed by atoms with Crippen LogP contribution in [0.25, 0.3) is 0 Å². The van der Waals surface area contributed by atoms with Crippen LogP contribution in [0.15, 0.2) is 27.5 Å². The molecule has 2 N–H and O–H groups in total. The van der Waals surface area contributed by atoms with E-state index in [-0.39, 0.29) is 39.2 Å². The highest BCUT2D eigenvalue weighted by Gasteiger charge is 2.55. The number of nitrogens with one attached hydrogen (secondary N) is 2. The average molecular weight is 553 g/mol. The summed E-state index contributed by atoms with van der Waals surface area (Å²) in [6.07, 6.45) is 5.54. The van der Waals surface area contributed by atoms with E-state index in [9.17, 15) is 26.4 Å². The van der Waals surface area contributed by atoms with Crippen LogP contribution in [0.5, 0.6) is 0 Å². The van der Waals surface area contributed by atoms with E-state index in [0.717, 1.165) is 38.4 Å². The van der Waals surface area contributed by atoms with E-state index in [2.05, 4.69) is 35.2 Å². The number of rotatable bonds is 6. The number of hydrogen-bond donors (Lipinski definition) is 2. The van der Waals surface area contributed by atoms with E-state index in [1.165, 1.54) is 18.2 Å². The molecule has 10 nitrogen and oxygen atoms in total. The molecule has 3 aliphatic rings. The number of anilines is 2. The summed E-state index contributed by atoms with van der Waals surface area (Å²) < 4.78 is 55.7. The second kappa shape index (κ2) is 9.37. The first-order valence-electron chi connectivity index (χ1n) is 12.6. The Bertz CT molecular complexity index is 1360. The molecule has 2 unspecified atom stereocenters. The normalized spacial score (nSPS) is 26.5. The number of carbonyl (C=O) groups is 2. The maximum Gasteiger partial charge on any atom is 0.286 e. The van der Waals surface area contributed by atoms with E-state index < -0.39 is 37.3 Å². The van der Waals surface area contributed by atoms with Gasteiger partial charge in [0.05, 0.1) is 11.9 Å². The molecular weight excluding hydrogens is 516 g/mol. The van der Waals surface area contributed by atoms with Crippen molar-refractivity contribution in [2.45, 2.75) is 64.7 Å². The number of nitrogens with zero attached hydrogens (tertiary/aromatic N) is 2. The second-order valence-electron chi connectivity index (χ2n) is 11.9. The minimum atomic E-state index is -4.31. The first-order valence-corrected chi connectivity index (χ1v) is 15.9. The van der Waals surface area contributed by atoms with Crippen LogP contribution in [0.3, 0.4) is 0 Å². The monoisotopic (exact) mass is 552 g/mol. The SMILES string of the molecule is CC(C)(C)CCN1CC(C)(C2CCCC2)C(=O)C(C2=NS(=O)(=O)c3cc(NS(C)(=O)=O)ccc3N2)C1=O. The highest BCUT2D eigenvalue weighted by molar-refractivity contribution is 7.92. The Kier molecular flexibility index (Phi) is 6.98. The second-order valence-corrected chi connectivity index (χ2v) is 15.2. The van der Waals surface area contributed by atoms with E-state index in [1.54, 1.807) is 4.90 Å².